The van der Waals surface area contributed by atoms with Crippen LogP contribution >= 0.6 is 11.3 Å². The minimum Gasteiger partial charge on any atom is -0.309 e. The van der Waals surface area contributed by atoms with Gasteiger partial charge < -0.3 is 4.57 Å². The van der Waals surface area contributed by atoms with E-state index in [0.29, 0.717) is 0 Å². The summed E-state index contributed by atoms with van der Waals surface area (Å²) in [5, 5.41) is 13.0. The maximum Gasteiger partial charge on any atom is 0.0555 e. The van der Waals surface area contributed by atoms with Crippen molar-refractivity contribution in [3.8, 4) is 39.1 Å². The minimum absolute atomic E-state index is 1.17. The van der Waals surface area contributed by atoms with E-state index in [1.807, 2.05) is 11.3 Å². The molecule has 0 atom stereocenters. The van der Waals surface area contributed by atoms with Gasteiger partial charge in [-0.25, -0.2) is 0 Å². The van der Waals surface area contributed by atoms with Crippen LogP contribution in [0.1, 0.15) is 0 Å². The van der Waals surface area contributed by atoms with E-state index in [1.54, 1.807) is 0 Å². The van der Waals surface area contributed by atoms with Crippen LogP contribution in [0.5, 0.6) is 0 Å². The maximum atomic E-state index is 2.44. The Morgan fingerprint density at radius 3 is 1.45 bits per heavy atom. The molecular weight excluding hydrogens is 695 g/mol. The number of thiophene rings is 1. The predicted molar refractivity (Wildman–Crippen MR) is 242 cm³/mol. The van der Waals surface area contributed by atoms with Crippen molar-refractivity contribution in [2.75, 3.05) is 0 Å². The zero-order valence-corrected chi connectivity index (χ0v) is 31.2. The highest BCUT2D eigenvalue weighted by molar-refractivity contribution is 7.26. The Morgan fingerprint density at radius 2 is 0.768 bits per heavy atom. The van der Waals surface area contributed by atoms with Gasteiger partial charge in [0.25, 0.3) is 0 Å². The molecule has 0 bridgehead atoms. The third kappa shape index (κ3) is 4.73. The molecule has 0 aliphatic rings. The zero-order chi connectivity index (χ0) is 36.7. The topological polar surface area (TPSA) is 4.93 Å². The normalized spacial score (nSPS) is 11.9. The van der Waals surface area contributed by atoms with Crippen LogP contribution < -0.4 is 0 Å². The van der Waals surface area contributed by atoms with Crippen molar-refractivity contribution in [3.05, 3.63) is 200 Å². The third-order valence-corrected chi connectivity index (χ3v) is 12.9. The van der Waals surface area contributed by atoms with E-state index < -0.39 is 0 Å². The molecular formula is C54H33NS. The summed E-state index contributed by atoms with van der Waals surface area (Å²) >= 11 is 1.90. The van der Waals surface area contributed by atoms with Crippen LogP contribution in [0.25, 0.3) is 113 Å². The van der Waals surface area contributed by atoms with Gasteiger partial charge in [-0.15, -0.1) is 11.3 Å². The Balaban J connectivity index is 1.12. The molecule has 0 saturated carbocycles. The first-order valence-electron chi connectivity index (χ1n) is 19.3. The first-order chi connectivity index (χ1) is 27.8. The molecule has 0 spiro atoms. The highest BCUT2D eigenvalue weighted by atomic mass is 32.1. The lowest BCUT2D eigenvalue weighted by Crippen LogP contribution is -1.93. The summed E-state index contributed by atoms with van der Waals surface area (Å²) < 4.78 is 5.10. The average molecular weight is 728 g/mol. The smallest absolute Gasteiger partial charge is 0.0555 e. The Morgan fingerprint density at radius 1 is 0.286 bits per heavy atom. The lowest BCUT2D eigenvalue weighted by Gasteiger charge is -2.14. The van der Waals surface area contributed by atoms with E-state index in [9.17, 15) is 0 Å². The van der Waals surface area contributed by atoms with Crippen molar-refractivity contribution < 1.29 is 0 Å². The van der Waals surface area contributed by atoms with Crippen molar-refractivity contribution >= 4 is 85.6 Å². The molecule has 0 amide bonds. The Labute approximate surface area is 327 Å². The molecule has 0 N–H and O–H groups in total. The second kappa shape index (κ2) is 12.3. The Bertz CT molecular complexity index is 3480. The van der Waals surface area contributed by atoms with E-state index in [0.717, 1.165) is 0 Å². The van der Waals surface area contributed by atoms with E-state index in [1.165, 1.54) is 113 Å². The molecule has 260 valence electrons. The summed E-state index contributed by atoms with van der Waals surface area (Å²) in [6.07, 6.45) is 0. The summed E-state index contributed by atoms with van der Waals surface area (Å²) in [5.74, 6) is 0. The van der Waals surface area contributed by atoms with Crippen molar-refractivity contribution in [2.24, 2.45) is 0 Å². The second-order valence-corrected chi connectivity index (χ2v) is 15.9. The van der Waals surface area contributed by atoms with Crippen LogP contribution in [-0.4, -0.2) is 4.57 Å². The molecule has 1 nitrogen and oxygen atoms in total. The first-order valence-corrected chi connectivity index (χ1v) is 20.1. The number of aromatic nitrogens is 1. The molecule has 12 aromatic rings. The van der Waals surface area contributed by atoms with Gasteiger partial charge in [-0.3, -0.25) is 0 Å². The third-order valence-electron chi connectivity index (χ3n) is 11.7. The molecule has 0 aliphatic heterocycles. The fourth-order valence-electron chi connectivity index (χ4n) is 9.17. The summed E-state index contributed by atoms with van der Waals surface area (Å²) in [7, 11) is 0. The molecule has 0 saturated heterocycles. The van der Waals surface area contributed by atoms with Gasteiger partial charge in [0.15, 0.2) is 0 Å². The summed E-state index contributed by atoms with van der Waals surface area (Å²) in [5.41, 5.74) is 10.9. The molecule has 0 radical (unpaired) electrons. The average Bonchev–Trinajstić information content (AvgIpc) is 3.82. The van der Waals surface area contributed by atoms with Gasteiger partial charge in [0.2, 0.25) is 0 Å². The van der Waals surface area contributed by atoms with Gasteiger partial charge >= 0.3 is 0 Å². The van der Waals surface area contributed by atoms with E-state index in [-0.39, 0.29) is 0 Å². The molecule has 12 rings (SSSR count). The van der Waals surface area contributed by atoms with Crippen LogP contribution in [0.2, 0.25) is 0 Å². The molecule has 2 heteroatoms. The molecule has 0 unspecified atom stereocenters. The fraction of sp³-hybridized carbons (Fsp3) is 0. The van der Waals surface area contributed by atoms with Crippen LogP contribution in [0.15, 0.2) is 200 Å². The molecule has 2 heterocycles. The van der Waals surface area contributed by atoms with Gasteiger partial charge in [-0.05, 0) is 126 Å². The molecule has 10 aromatic carbocycles. The first kappa shape index (κ1) is 31.4. The maximum absolute atomic E-state index is 2.44. The number of hydrogen-bond acceptors (Lipinski definition) is 1. The number of para-hydroxylation sites is 1. The lowest BCUT2D eigenvalue weighted by atomic mass is 9.90. The predicted octanol–water partition coefficient (Wildman–Crippen LogP) is 15.6. The van der Waals surface area contributed by atoms with Crippen LogP contribution in [0.3, 0.4) is 0 Å². The monoisotopic (exact) mass is 727 g/mol. The van der Waals surface area contributed by atoms with Crippen molar-refractivity contribution in [3.63, 3.8) is 0 Å². The molecule has 2 aromatic heterocycles. The minimum atomic E-state index is 1.17. The van der Waals surface area contributed by atoms with Crippen LogP contribution in [0, 0.1) is 0 Å². The van der Waals surface area contributed by atoms with E-state index in [4.69, 9.17) is 0 Å². The molecule has 0 fully saturated rings. The van der Waals surface area contributed by atoms with E-state index >= 15 is 0 Å². The van der Waals surface area contributed by atoms with Crippen molar-refractivity contribution in [1.29, 1.82) is 0 Å². The van der Waals surface area contributed by atoms with Gasteiger partial charge in [0.1, 0.15) is 0 Å². The fourth-order valence-corrected chi connectivity index (χ4v) is 10.4. The summed E-state index contributed by atoms with van der Waals surface area (Å²) in [6, 6.07) is 74.0. The number of nitrogens with zero attached hydrogens (tertiary/aromatic N) is 1. The van der Waals surface area contributed by atoms with Crippen LogP contribution in [-0.2, 0) is 0 Å². The highest BCUT2D eigenvalue weighted by Crippen LogP contribution is 2.45. The summed E-state index contributed by atoms with van der Waals surface area (Å²) in [6.45, 7) is 0. The largest absolute Gasteiger partial charge is 0.309 e. The quantitative estimate of drug-likeness (QED) is 0.159. The number of rotatable bonds is 4. The highest BCUT2D eigenvalue weighted by Gasteiger charge is 2.19. The second-order valence-electron chi connectivity index (χ2n) is 14.9. The van der Waals surface area contributed by atoms with Crippen molar-refractivity contribution in [1.82, 2.24) is 4.57 Å². The van der Waals surface area contributed by atoms with Gasteiger partial charge in [0.05, 0.1) is 11.0 Å². The van der Waals surface area contributed by atoms with Gasteiger partial charge in [-0.1, -0.05) is 140 Å². The zero-order valence-electron chi connectivity index (χ0n) is 30.4. The number of fused-ring (bicyclic) bond motifs is 13. The van der Waals surface area contributed by atoms with Crippen molar-refractivity contribution in [2.45, 2.75) is 0 Å². The van der Waals surface area contributed by atoms with Crippen LogP contribution in [0.4, 0.5) is 0 Å². The Kier molecular flexibility index (Phi) is 6.87. The SMILES string of the molecule is c1ccc(-c2cc(-c3ccc4c5ccccc5c5ccccc5c4c3)cc(-c3ccc4c(c3)c3c5sc6ccccc6c5ccc3n4-c3ccccc3)c2)cc1. The Hall–Kier alpha value is -7.00. The molecule has 0 aliphatic carbocycles. The van der Waals surface area contributed by atoms with Gasteiger partial charge in [-0.2, -0.15) is 0 Å². The summed E-state index contributed by atoms with van der Waals surface area (Å²) in [4.78, 5) is 0. The number of benzene rings is 10. The van der Waals surface area contributed by atoms with Gasteiger partial charge in [0, 0.05) is 36.6 Å². The van der Waals surface area contributed by atoms with E-state index in [2.05, 4.69) is 205 Å². The standard InChI is InChI=1S/C54H33NS/c1-3-13-34(14-4-1)37-29-38(35-23-25-45-43-19-8-7-17-41(43)42-18-9-10-20-44(42)48(45)32-35)31-39(30-37)36-24-27-50-49(33-36)53-51(55(50)40-15-5-2-6-16-40)28-26-47-46-21-11-12-22-52(46)56-54(47)53/h1-33H. The lowest BCUT2D eigenvalue weighted by molar-refractivity contribution is 1.18. The molecule has 56 heavy (non-hydrogen) atoms. The number of hydrogen-bond donors (Lipinski definition) is 0.